The number of carbonyl (C=O) groups is 1. The van der Waals surface area contributed by atoms with Crippen molar-refractivity contribution >= 4 is 27.4 Å². The largest absolute Gasteiger partial charge is 0.478 e. The van der Waals surface area contributed by atoms with Crippen molar-refractivity contribution in [1.82, 2.24) is 0 Å². The second-order valence-electron chi connectivity index (χ2n) is 4.57. The van der Waals surface area contributed by atoms with Crippen molar-refractivity contribution in [2.75, 3.05) is 23.7 Å². The van der Waals surface area contributed by atoms with Gasteiger partial charge < -0.3 is 15.6 Å². The summed E-state index contributed by atoms with van der Waals surface area (Å²) in [4.78, 5) is 11.1. The minimum atomic E-state index is -3.64. The fourth-order valence-electron chi connectivity index (χ4n) is 2.05. The van der Waals surface area contributed by atoms with E-state index in [1.165, 1.54) is 18.2 Å². The second kappa shape index (κ2) is 5.68. The molecule has 2 rings (SSSR count). The molecule has 8 heteroatoms. The predicted molar refractivity (Wildman–Crippen MR) is 74.2 cm³/mol. The summed E-state index contributed by atoms with van der Waals surface area (Å²) in [5.41, 5.74) is 5.64. The van der Waals surface area contributed by atoms with Crippen LogP contribution in [0.3, 0.4) is 0 Å². The standard InChI is InChI=1S/C12H16N2O5S/c13-8-1-2-11(10(7-8)12(15)16)14-20(17,18)9-3-5-19-6-4-9/h1-2,7,9,14H,3-6,13H2,(H,15,16). The highest BCUT2D eigenvalue weighted by atomic mass is 32.2. The van der Waals surface area contributed by atoms with Crippen LogP contribution in [0.4, 0.5) is 11.4 Å². The average molecular weight is 300 g/mol. The van der Waals surface area contributed by atoms with Crippen molar-refractivity contribution in [2.45, 2.75) is 18.1 Å². The normalized spacial score (nSPS) is 16.8. The van der Waals surface area contributed by atoms with E-state index in [0.717, 1.165) is 0 Å². The van der Waals surface area contributed by atoms with E-state index in [2.05, 4.69) is 4.72 Å². The Hall–Kier alpha value is -1.80. The molecule has 0 radical (unpaired) electrons. The Morgan fingerprint density at radius 2 is 2.00 bits per heavy atom. The van der Waals surface area contributed by atoms with E-state index < -0.39 is 21.2 Å². The Labute approximate surface area is 116 Å². The first-order chi connectivity index (χ1) is 9.40. The lowest BCUT2D eigenvalue weighted by atomic mass is 10.1. The summed E-state index contributed by atoms with van der Waals surface area (Å²) in [5, 5.41) is 8.51. The molecule has 1 aromatic carbocycles. The molecule has 1 saturated heterocycles. The van der Waals surface area contributed by atoms with Crippen molar-refractivity contribution in [1.29, 1.82) is 0 Å². The summed E-state index contributed by atoms with van der Waals surface area (Å²) >= 11 is 0. The third-order valence-corrected chi connectivity index (χ3v) is 4.99. The lowest BCUT2D eigenvalue weighted by Gasteiger charge is -2.23. The van der Waals surface area contributed by atoms with E-state index in [4.69, 9.17) is 15.6 Å². The van der Waals surface area contributed by atoms with E-state index in [1.807, 2.05) is 0 Å². The summed E-state index contributed by atoms with van der Waals surface area (Å²) in [7, 11) is -3.64. The predicted octanol–water partition coefficient (Wildman–Crippen LogP) is 0.888. The molecule has 1 aliphatic heterocycles. The van der Waals surface area contributed by atoms with Crippen LogP contribution in [-0.2, 0) is 14.8 Å². The highest BCUT2D eigenvalue weighted by Gasteiger charge is 2.28. The minimum Gasteiger partial charge on any atom is -0.478 e. The summed E-state index contributed by atoms with van der Waals surface area (Å²) < 4.78 is 31.9. The molecule has 4 N–H and O–H groups in total. The molecule has 1 aliphatic rings. The number of ether oxygens (including phenoxy) is 1. The molecule has 20 heavy (non-hydrogen) atoms. The maximum Gasteiger partial charge on any atom is 0.337 e. The molecule has 0 atom stereocenters. The lowest BCUT2D eigenvalue weighted by molar-refractivity contribution is 0.0698. The number of benzene rings is 1. The molecule has 0 unspecified atom stereocenters. The van der Waals surface area contributed by atoms with Gasteiger partial charge in [0.15, 0.2) is 0 Å². The smallest absolute Gasteiger partial charge is 0.337 e. The van der Waals surface area contributed by atoms with Gasteiger partial charge in [0.05, 0.1) is 16.5 Å². The van der Waals surface area contributed by atoms with Gasteiger partial charge in [-0.15, -0.1) is 0 Å². The van der Waals surface area contributed by atoms with Crippen molar-refractivity contribution in [3.05, 3.63) is 23.8 Å². The van der Waals surface area contributed by atoms with Crippen LogP contribution in [0.15, 0.2) is 18.2 Å². The molecule has 1 heterocycles. The zero-order valence-corrected chi connectivity index (χ0v) is 11.5. The molecular formula is C12H16N2O5S. The number of aromatic carboxylic acids is 1. The molecule has 0 spiro atoms. The number of carboxylic acid groups (broad SMARTS) is 1. The molecule has 1 fully saturated rings. The van der Waals surface area contributed by atoms with Crippen LogP contribution in [0, 0.1) is 0 Å². The molecular weight excluding hydrogens is 284 g/mol. The van der Waals surface area contributed by atoms with Crippen LogP contribution in [0.25, 0.3) is 0 Å². The molecule has 0 saturated carbocycles. The van der Waals surface area contributed by atoms with E-state index in [0.29, 0.717) is 26.1 Å². The van der Waals surface area contributed by atoms with Crippen molar-refractivity contribution in [3.63, 3.8) is 0 Å². The zero-order valence-electron chi connectivity index (χ0n) is 10.7. The van der Waals surface area contributed by atoms with E-state index in [9.17, 15) is 13.2 Å². The van der Waals surface area contributed by atoms with Gasteiger partial charge in [-0.25, -0.2) is 13.2 Å². The van der Waals surface area contributed by atoms with Crippen LogP contribution in [0.5, 0.6) is 0 Å². The van der Waals surface area contributed by atoms with Crippen LogP contribution in [0.1, 0.15) is 23.2 Å². The molecule has 0 aliphatic carbocycles. The number of nitrogens with one attached hydrogen (secondary N) is 1. The van der Waals surface area contributed by atoms with Gasteiger partial charge in [-0.05, 0) is 31.0 Å². The number of hydrogen-bond acceptors (Lipinski definition) is 5. The van der Waals surface area contributed by atoms with Gasteiger partial charge in [-0.3, -0.25) is 4.72 Å². The van der Waals surface area contributed by atoms with Crippen LogP contribution >= 0.6 is 0 Å². The van der Waals surface area contributed by atoms with Gasteiger partial charge in [0.25, 0.3) is 0 Å². The zero-order chi connectivity index (χ0) is 14.8. The number of anilines is 2. The van der Waals surface area contributed by atoms with Crippen LogP contribution < -0.4 is 10.5 Å². The summed E-state index contributed by atoms with van der Waals surface area (Å²) in [6, 6.07) is 4.04. The fourth-order valence-corrected chi connectivity index (χ4v) is 3.51. The molecule has 110 valence electrons. The van der Waals surface area contributed by atoms with Gasteiger partial charge in [0.1, 0.15) is 0 Å². The first-order valence-corrected chi connectivity index (χ1v) is 7.67. The van der Waals surface area contributed by atoms with E-state index >= 15 is 0 Å². The van der Waals surface area contributed by atoms with Crippen molar-refractivity contribution in [2.24, 2.45) is 0 Å². The van der Waals surface area contributed by atoms with Gasteiger partial charge >= 0.3 is 5.97 Å². The average Bonchev–Trinajstić information content (AvgIpc) is 2.41. The first-order valence-electron chi connectivity index (χ1n) is 6.12. The Bertz CT molecular complexity index is 608. The third-order valence-electron chi connectivity index (χ3n) is 3.13. The summed E-state index contributed by atoms with van der Waals surface area (Å²) in [5.74, 6) is -1.23. The Balaban J connectivity index is 2.27. The third kappa shape index (κ3) is 3.20. The quantitative estimate of drug-likeness (QED) is 0.710. The first kappa shape index (κ1) is 14.6. The molecule has 7 nitrogen and oxygen atoms in total. The molecule has 0 aromatic heterocycles. The minimum absolute atomic E-state index is 0.0261. The number of nitrogen functional groups attached to an aromatic ring is 1. The second-order valence-corrected chi connectivity index (χ2v) is 6.53. The monoisotopic (exact) mass is 300 g/mol. The summed E-state index contributed by atoms with van der Waals surface area (Å²) in [6.07, 6.45) is 0.791. The van der Waals surface area contributed by atoms with Crippen LogP contribution in [0.2, 0.25) is 0 Å². The number of nitrogens with two attached hydrogens (primary N) is 1. The van der Waals surface area contributed by atoms with E-state index in [-0.39, 0.29) is 16.9 Å². The number of hydrogen-bond donors (Lipinski definition) is 3. The SMILES string of the molecule is Nc1ccc(NS(=O)(=O)C2CCOCC2)c(C(=O)O)c1. The van der Waals surface area contributed by atoms with Crippen molar-refractivity contribution < 1.29 is 23.1 Å². The topological polar surface area (TPSA) is 119 Å². The number of rotatable bonds is 4. The molecule has 0 bridgehead atoms. The van der Waals surface area contributed by atoms with Crippen molar-refractivity contribution in [3.8, 4) is 0 Å². The summed E-state index contributed by atoms with van der Waals surface area (Å²) in [6.45, 7) is 0.776. The fraction of sp³-hybridized carbons (Fsp3) is 0.417. The van der Waals surface area contributed by atoms with Gasteiger partial charge in [-0.2, -0.15) is 0 Å². The number of sulfonamides is 1. The molecule has 0 amide bonds. The van der Waals surface area contributed by atoms with Gasteiger partial charge in [0, 0.05) is 18.9 Å². The maximum absolute atomic E-state index is 12.2. The Morgan fingerprint density at radius 3 is 2.60 bits per heavy atom. The Morgan fingerprint density at radius 1 is 1.35 bits per heavy atom. The Kier molecular flexibility index (Phi) is 4.15. The highest BCUT2D eigenvalue weighted by molar-refractivity contribution is 7.93. The van der Waals surface area contributed by atoms with Gasteiger partial charge in [-0.1, -0.05) is 0 Å². The maximum atomic E-state index is 12.2. The lowest BCUT2D eigenvalue weighted by Crippen LogP contribution is -2.33. The number of carboxylic acids is 1. The highest BCUT2D eigenvalue weighted by Crippen LogP contribution is 2.23. The van der Waals surface area contributed by atoms with Crippen LogP contribution in [-0.4, -0.2) is 38.0 Å². The van der Waals surface area contributed by atoms with E-state index in [1.54, 1.807) is 0 Å². The molecule has 1 aromatic rings. The van der Waals surface area contributed by atoms with Gasteiger partial charge in [0.2, 0.25) is 10.0 Å².